The summed E-state index contributed by atoms with van der Waals surface area (Å²) in [6, 6.07) is 2.92. The maximum absolute atomic E-state index is 12.8. The first-order chi connectivity index (χ1) is 9.75. The molecule has 3 fully saturated rings. The lowest BCUT2D eigenvalue weighted by Gasteiger charge is -2.33. The summed E-state index contributed by atoms with van der Waals surface area (Å²) >= 11 is 0. The quantitative estimate of drug-likeness (QED) is 0.776. The third-order valence-corrected chi connectivity index (χ3v) is 5.44. The third kappa shape index (κ3) is 2.44. The average Bonchev–Trinajstić information content (AvgIpc) is 3.17. The molecule has 20 heavy (non-hydrogen) atoms. The number of carbonyl (C=O) groups excluding carboxylic acids is 1. The first-order valence-corrected chi connectivity index (χ1v) is 8.20. The van der Waals surface area contributed by atoms with Crippen LogP contribution in [0.3, 0.4) is 0 Å². The van der Waals surface area contributed by atoms with E-state index in [9.17, 15) is 10.1 Å². The van der Waals surface area contributed by atoms with Crippen LogP contribution in [0.15, 0.2) is 0 Å². The highest BCUT2D eigenvalue weighted by Crippen LogP contribution is 2.38. The Morgan fingerprint density at radius 3 is 2.40 bits per heavy atom. The number of nitriles is 1. The molecule has 1 saturated carbocycles. The van der Waals surface area contributed by atoms with Gasteiger partial charge in [-0.25, -0.2) is 0 Å². The minimum Gasteiger partial charge on any atom is -0.340 e. The van der Waals surface area contributed by atoms with E-state index in [1.54, 1.807) is 0 Å². The maximum atomic E-state index is 12.8. The van der Waals surface area contributed by atoms with Crippen LogP contribution >= 0.6 is 0 Å². The minimum absolute atomic E-state index is 0.126. The lowest BCUT2D eigenvalue weighted by atomic mass is 9.74. The van der Waals surface area contributed by atoms with E-state index in [-0.39, 0.29) is 5.91 Å². The normalized spacial score (nSPS) is 30.4. The molecule has 2 heterocycles. The van der Waals surface area contributed by atoms with Crippen LogP contribution in [0, 0.1) is 16.7 Å². The second-order valence-corrected chi connectivity index (χ2v) is 6.69. The predicted octanol–water partition coefficient (Wildman–Crippen LogP) is 2.16. The smallest absolute Gasteiger partial charge is 0.243 e. The van der Waals surface area contributed by atoms with Gasteiger partial charge >= 0.3 is 0 Å². The Labute approximate surface area is 121 Å². The van der Waals surface area contributed by atoms with E-state index >= 15 is 0 Å². The van der Waals surface area contributed by atoms with E-state index < -0.39 is 5.41 Å². The number of rotatable bonds is 2. The summed E-state index contributed by atoms with van der Waals surface area (Å²) in [5, 5.41) is 9.54. The zero-order chi connectivity index (χ0) is 14.0. The van der Waals surface area contributed by atoms with Gasteiger partial charge in [0.2, 0.25) is 5.91 Å². The summed E-state index contributed by atoms with van der Waals surface area (Å²) in [4.78, 5) is 17.3. The van der Waals surface area contributed by atoms with E-state index in [1.807, 2.05) is 4.90 Å². The van der Waals surface area contributed by atoms with Crippen molar-refractivity contribution in [1.29, 1.82) is 5.26 Å². The van der Waals surface area contributed by atoms with Crippen molar-refractivity contribution in [3.05, 3.63) is 0 Å². The van der Waals surface area contributed by atoms with Crippen LogP contribution in [0.5, 0.6) is 0 Å². The highest BCUT2D eigenvalue weighted by molar-refractivity contribution is 5.85. The van der Waals surface area contributed by atoms with Gasteiger partial charge in [-0.15, -0.1) is 0 Å². The van der Waals surface area contributed by atoms with Crippen molar-refractivity contribution < 1.29 is 4.79 Å². The second-order valence-electron chi connectivity index (χ2n) is 6.69. The Bertz CT molecular complexity index is 402. The van der Waals surface area contributed by atoms with Crippen LogP contribution < -0.4 is 0 Å². The molecule has 4 nitrogen and oxygen atoms in total. The molecule has 1 atom stereocenters. The van der Waals surface area contributed by atoms with Crippen LogP contribution in [0.1, 0.15) is 51.4 Å². The van der Waals surface area contributed by atoms with Crippen LogP contribution in [-0.2, 0) is 4.79 Å². The van der Waals surface area contributed by atoms with Gasteiger partial charge in [-0.1, -0.05) is 19.3 Å². The molecular formula is C16H25N3O. The molecule has 0 radical (unpaired) electrons. The lowest BCUT2D eigenvalue weighted by Crippen LogP contribution is -2.45. The molecule has 0 bridgehead atoms. The molecule has 1 aliphatic carbocycles. The maximum Gasteiger partial charge on any atom is 0.243 e. The third-order valence-electron chi connectivity index (χ3n) is 5.44. The Morgan fingerprint density at radius 2 is 1.75 bits per heavy atom. The van der Waals surface area contributed by atoms with Crippen molar-refractivity contribution in [2.24, 2.45) is 5.41 Å². The van der Waals surface area contributed by atoms with Gasteiger partial charge in [-0.05, 0) is 45.2 Å². The van der Waals surface area contributed by atoms with Gasteiger partial charge in [0.15, 0.2) is 0 Å². The van der Waals surface area contributed by atoms with E-state index in [0.717, 1.165) is 45.2 Å². The molecule has 3 aliphatic rings. The molecule has 1 unspecified atom stereocenters. The van der Waals surface area contributed by atoms with E-state index in [2.05, 4.69) is 11.0 Å². The summed E-state index contributed by atoms with van der Waals surface area (Å²) in [5.74, 6) is 0.126. The van der Waals surface area contributed by atoms with Crippen LogP contribution in [-0.4, -0.2) is 47.9 Å². The van der Waals surface area contributed by atoms with Crippen molar-refractivity contribution in [3.63, 3.8) is 0 Å². The molecular weight excluding hydrogens is 250 g/mol. The summed E-state index contributed by atoms with van der Waals surface area (Å²) in [7, 11) is 0. The molecule has 0 aromatic heterocycles. The SMILES string of the molecule is N#CC1(C(=O)N2CCC(N3CCCC3)C2)CCCCC1. The molecule has 2 aliphatic heterocycles. The molecule has 1 amide bonds. The van der Waals surface area contributed by atoms with Gasteiger partial charge in [0.05, 0.1) is 6.07 Å². The van der Waals surface area contributed by atoms with Crippen molar-refractivity contribution in [2.75, 3.05) is 26.2 Å². The molecule has 3 rings (SSSR count). The Hall–Kier alpha value is -1.08. The van der Waals surface area contributed by atoms with Crippen LogP contribution in [0.4, 0.5) is 0 Å². The van der Waals surface area contributed by atoms with Gasteiger partial charge in [0.25, 0.3) is 0 Å². The van der Waals surface area contributed by atoms with E-state index in [4.69, 9.17) is 0 Å². The molecule has 2 saturated heterocycles. The molecule has 0 N–H and O–H groups in total. The summed E-state index contributed by atoms with van der Waals surface area (Å²) in [6.07, 6.45) is 8.46. The monoisotopic (exact) mass is 275 g/mol. The Morgan fingerprint density at radius 1 is 1.05 bits per heavy atom. The Kier molecular flexibility index (Phi) is 3.98. The fraction of sp³-hybridized carbons (Fsp3) is 0.875. The van der Waals surface area contributed by atoms with Gasteiger partial charge in [0.1, 0.15) is 5.41 Å². The molecule has 0 spiro atoms. The van der Waals surface area contributed by atoms with Gasteiger partial charge in [-0.3, -0.25) is 9.69 Å². The number of hydrogen-bond acceptors (Lipinski definition) is 3. The van der Waals surface area contributed by atoms with Gasteiger partial charge in [-0.2, -0.15) is 5.26 Å². The fourth-order valence-corrected chi connectivity index (χ4v) is 4.16. The summed E-state index contributed by atoms with van der Waals surface area (Å²) in [5.41, 5.74) is -0.696. The predicted molar refractivity (Wildman–Crippen MR) is 76.9 cm³/mol. The average molecular weight is 275 g/mol. The first kappa shape index (κ1) is 13.9. The Balaban J connectivity index is 1.64. The number of carbonyl (C=O) groups is 1. The number of hydrogen-bond donors (Lipinski definition) is 0. The molecule has 0 aromatic carbocycles. The van der Waals surface area contributed by atoms with E-state index in [0.29, 0.717) is 6.04 Å². The fourth-order valence-electron chi connectivity index (χ4n) is 4.16. The minimum atomic E-state index is -0.696. The summed E-state index contributed by atoms with van der Waals surface area (Å²) < 4.78 is 0. The molecule has 110 valence electrons. The summed E-state index contributed by atoms with van der Waals surface area (Å²) in [6.45, 7) is 4.08. The first-order valence-electron chi connectivity index (χ1n) is 8.20. The topological polar surface area (TPSA) is 47.3 Å². The molecule has 0 aromatic rings. The highest BCUT2D eigenvalue weighted by atomic mass is 16.2. The van der Waals surface area contributed by atoms with Crippen molar-refractivity contribution in [2.45, 2.75) is 57.4 Å². The standard InChI is InChI=1S/C16H25N3O/c17-13-16(7-2-1-3-8-16)15(20)19-11-6-14(12-19)18-9-4-5-10-18/h14H,1-12H2. The second kappa shape index (κ2) is 5.73. The lowest BCUT2D eigenvalue weighted by molar-refractivity contribution is -0.139. The number of nitrogens with zero attached hydrogens (tertiary/aromatic N) is 3. The van der Waals surface area contributed by atoms with Crippen LogP contribution in [0.2, 0.25) is 0 Å². The van der Waals surface area contributed by atoms with E-state index in [1.165, 1.54) is 32.4 Å². The van der Waals surface area contributed by atoms with Crippen molar-refractivity contribution >= 4 is 5.91 Å². The van der Waals surface area contributed by atoms with Gasteiger partial charge in [0, 0.05) is 19.1 Å². The zero-order valence-electron chi connectivity index (χ0n) is 12.3. The van der Waals surface area contributed by atoms with Gasteiger partial charge < -0.3 is 4.90 Å². The zero-order valence-corrected chi connectivity index (χ0v) is 12.3. The number of amides is 1. The highest BCUT2D eigenvalue weighted by Gasteiger charge is 2.44. The molecule has 4 heteroatoms. The largest absolute Gasteiger partial charge is 0.340 e. The van der Waals surface area contributed by atoms with Crippen molar-refractivity contribution in [3.8, 4) is 6.07 Å². The number of likely N-dealkylation sites (tertiary alicyclic amines) is 2. The van der Waals surface area contributed by atoms with Crippen LogP contribution in [0.25, 0.3) is 0 Å². The van der Waals surface area contributed by atoms with Crippen molar-refractivity contribution in [1.82, 2.24) is 9.80 Å².